The number of carbonyl (C=O) groups excluding carboxylic acids is 2. The van der Waals surface area contributed by atoms with Crippen molar-refractivity contribution in [3.63, 3.8) is 0 Å². The van der Waals surface area contributed by atoms with E-state index < -0.39 is 0 Å². The number of likely N-dealkylation sites (tertiary alicyclic amines) is 1. The Labute approximate surface area is 138 Å². The van der Waals surface area contributed by atoms with Gasteiger partial charge in [-0.15, -0.1) is 0 Å². The molecule has 5 heteroatoms. The van der Waals surface area contributed by atoms with Crippen LogP contribution in [0, 0.1) is 5.92 Å². The van der Waals surface area contributed by atoms with Crippen molar-refractivity contribution in [2.45, 2.75) is 26.3 Å². The van der Waals surface area contributed by atoms with Gasteiger partial charge in [-0.3, -0.25) is 14.5 Å². The fourth-order valence-electron chi connectivity index (χ4n) is 2.87. The standard InChI is InChI=1S/C18H27N3O2/c1-3-20(2)17(22)12-19-18(23)16-10-7-11-21(14-16)13-15-8-5-4-6-9-15/h4-6,8-9,16H,3,7,10-14H2,1-2H3,(H,19,23). The first-order valence-electron chi connectivity index (χ1n) is 8.38. The maximum Gasteiger partial charge on any atom is 0.241 e. The Bertz CT molecular complexity index is 518. The minimum Gasteiger partial charge on any atom is -0.347 e. The lowest BCUT2D eigenvalue weighted by molar-refractivity contribution is -0.133. The van der Waals surface area contributed by atoms with Crippen LogP contribution in [0.3, 0.4) is 0 Å². The zero-order chi connectivity index (χ0) is 16.7. The summed E-state index contributed by atoms with van der Waals surface area (Å²) in [5, 5.41) is 2.79. The summed E-state index contributed by atoms with van der Waals surface area (Å²) in [6, 6.07) is 10.3. The van der Waals surface area contributed by atoms with Crippen molar-refractivity contribution in [1.29, 1.82) is 0 Å². The molecule has 2 amide bonds. The van der Waals surface area contributed by atoms with Crippen molar-refractivity contribution in [3.05, 3.63) is 35.9 Å². The van der Waals surface area contributed by atoms with Gasteiger partial charge < -0.3 is 10.2 Å². The lowest BCUT2D eigenvalue weighted by Crippen LogP contribution is -2.45. The highest BCUT2D eigenvalue weighted by Crippen LogP contribution is 2.18. The molecule has 1 heterocycles. The quantitative estimate of drug-likeness (QED) is 0.865. The predicted octanol–water partition coefficient (Wildman–Crippen LogP) is 1.49. The number of benzene rings is 1. The molecule has 0 saturated carbocycles. The van der Waals surface area contributed by atoms with Crippen LogP contribution in [0.1, 0.15) is 25.3 Å². The van der Waals surface area contributed by atoms with E-state index in [1.165, 1.54) is 5.56 Å². The third kappa shape index (κ3) is 5.36. The molecule has 1 atom stereocenters. The van der Waals surface area contributed by atoms with Gasteiger partial charge in [-0.2, -0.15) is 0 Å². The van der Waals surface area contributed by atoms with Crippen molar-refractivity contribution in [2.75, 3.05) is 33.2 Å². The summed E-state index contributed by atoms with van der Waals surface area (Å²) in [6.07, 6.45) is 1.92. The van der Waals surface area contributed by atoms with E-state index in [0.717, 1.165) is 32.5 Å². The minimum absolute atomic E-state index is 0.000569. The van der Waals surface area contributed by atoms with Gasteiger partial charge in [0.25, 0.3) is 0 Å². The number of carbonyl (C=O) groups is 2. The fraction of sp³-hybridized carbons (Fsp3) is 0.556. The average Bonchev–Trinajstić information content (AvgIpc) is 2.59. The molecule has 1 aliphatic heterocycles. The fourth-order valence-corrected chi connectivity index (χ4v) is 2.87. The Hall–Kier alpha value is -1.88. The molecule has 1 N–H and O–H groups in total. The van der Waals surface area contributed by atoms with E-state index in [-0.39, 0.29) is 24.3 Å². The second kappa shape index (κ2) is 8.67. The van der Waals surface area contributed by atoms with E-state index in [2.05, 4.69) is 22.3 Å². The Balaban J connectivity index is 1.81. The van der Waals surface area contributed by atoms with Crippen LogP contribution in [-0.2, 0) is 16.1 Å². The number of hydrogen-bond acceptors (Lipinski definition) is 3. The summed E-state index contributed by atoms with van der Waals surface area (Å²) in [6.45, 7) is 5.33. The molecule has 23 heavy (non-hydrogen) atoms. The second-order valence-corrected chi connectivity index (χ2v) is 6.19. The Morgan fingerprint density at radius 1 is 1.30 bits per heavy atom. The van der Waals surface area contributed by atoms with Crippen LogP contribution in [0.2, 0.25) is 0 Å². The van der Waals surface area contributed by atoms with Gasteiger partial charge in [-0.1, -0.05) is 30.3 Å². The molecular weight excluding hydrogens is 290 g/mol. The van der Waals surface area contributed by atoms with Crippen LogP contribution in [0.25, 0.3) is 0 Å². The zero-order valence-corrected chi connectivity index (χ0v) is 14.1. The maximum atomic E-state index is 12.3. The maximum absolute atomic E-state index is 12.3. The SMILES string of the molecule is CCN(C)C(=O)CNC(=O)C1CCCN(Cc2ccccc2)C1. The number of nitrogens with zero attached hydrogens (tertiary/aromatic N) is 2. The molecule has 0 aliphatic carbocycles. The van der Waals surface area contributed by atoms with Crippen LogP contribution in [0.4, 0.5) is 0 Å². The lowest BCUT2D eigenvalue weighted by atomic mass is 9.96. The van der Waals surface area contributed by atoms with Gasteiger partial charge in [-0.05, 0) is 31.9 Å². The molecule has 2 rings (SSSR count). The first-order chi connectivity index (χ1) is 11.1. The number of rotatable bonds is 6. The highest BCUT2D eigenvalue weighted by Gasteiger charge is 2.26. The van der Waals surface area contributed by atoms with E-state index >= 15 is 0 Å². The van der Waals surface area contributed by atoms with E-state index in [1.807, 2.05) is 25.1 Å². The zero-order valence-electron chi connectivity index (χ0n) is 14.1. The number of amides is 2. The van der Waals surface area contributed by atoms with Gasteiger partial charge in [0.2, 0.25) is 11.8 Å². The number of likely N-dealkylation sites (N-methyl/N-ethyl adjacent to an activating group) is 1. The van der Waals surface area contributed by atoms with Crippen molar-refractivity contribution in [2.24, 2.45) is 5.92 Å². The molecule has 1 aromatic rings. The monoisotopic (exact) mass is 317 g/mol. The van der Waals surface area contributed by atoms with Gasteiger partial charge in [-0.25, -0.2) is 0 Å². The van der Waals surface area contributed by atoms with Crippen molar-refractivity contribution in [1.82, 2.24) is 15.1 Å². The largest absolute Gasteiger partial charge is 0.347 e. The van der Waals surface area contributed by atoms with E-state index in [9.17, 15) is 9.59 Å². The molecule has 1 saturated heterocycles. The van der Waals surface area contributed by atoms with Gasteiger partial charge in [0.15, 0.2) is 0 Å². The first kappa shape index (κ1) is 17.5. The van der Waals surface area contributed by atoms with Crippen LogP contribution >= 0.6 is 0 Å². The van der Waals surface area contributed by atoms with Crippen LogP contribution < -0.4 is 5.32 Å². The molecular formula is C18H27N3O2. The molecule has 0 bridgehead atoms. The molecule has 5 nitrogen and oxygen atoms in total. The van der Waals surface area contributed by atoms with Gasteiger partial charge in [0.1, 0.15) is 0 Å². The Morgan fingerprint density at radius 2 is 2.04 bits per heavy atom. The third-order valence-corrected chi connectivity index (χ3v) is 4.44. The number of piperidine rings is 1. The molecule has 1 aliphatic rings. The minimum atomic E-state index is -0.0437. The molecule has 0 spiro atoms. The molecule has 1 fully saturated rings. The number of hydrogen-bond donors (Lipinski definition) is 1. The first-order valence-corrected chi connectivity index (χ1v) is 8.38. The highest BCUT2D eigenvalue weighted by atomic mass is 16.2. The Kier molecular flexibility index (Phi) is 6.59. The molecule has 0 aromatic heterocycles. The lowest BCUT2D eigenvalue weighted by Gasteiger charge is -2.32. The molecule has 126 valence electrons. The van der Waals surface area contributed by atoms with Crippen LogP contribution in [0.5, 0.6) is 0 Å². The smallest absolute Gasteiger partial charge is 0.241 e. The summed E-state index contributed by atoms with van der Waals surface area (Å²) in [5.41, 5.74) is 1.27. The third-order valence-electron chi connectivity index (χ3n) is 4.44. The van der Waals surface area contributed by atoms with Crippen LogP contribution in [-0.4, -0.2) is 54.8 Å². The topological polar surface area (TPSA) is 52.7 Å². The average molecular weight is 317 g/mol. The van der Waals surface area contributed by atoms with E-state index in [4.69, 9.17) is 0 Å². The van der Waals surface area contributed by atoms with Crippen molar-refractivity contribution >= 4 is 11.8 Å². The van der Waals surface area contributed by atoms with Crippen molar-refractivity contribution in [3.8, 4) is 0 Å². The molecule has 1 unspecified atom stereocenters. The summed E-state index contributed by atoms with van der Waals surface area (Å²) in [7, 11) is 1.75. The van der Waals surface area contributed by atoms with Gasteiger partial charge >= 0.3 is 0 Å². The van der Waals surface area contributed by atoms with Crippen molar-refractivity contribution < 1.29 is 9.59 Å². The summed E-state index contributed by atoms with van der Waals surface area (Å²) in [4.78, 5) is 28.0. The summed E-state index contributed by atoms with van der Waals surface area (Å²) < 4.78 is 0. The molecule has 1 aromatic carbocycles. The van der Waals surface area contributed by atoms with Crippen LogP contribution in [0.15, 0.2) is 30.3 Å². The van der Waals surface area contributed by atoms with E-state index in [0.29, 0.717) is 6.54 Å². The second-order valence-electron chi connectivity index (χ2n) is 6.19. The summed E-state index contributed by atoms with van der Waals surface area (Å²) >= 11 is 0. The van der Waals surface area contributed by atoms with Gasteiger partial charge in [0.05, 0.1) is 12.5 Å². The Morgan fingerprint density at radius 3 is 2.74 bits per heavy atom. The number of nitrogens with one attached hydrogen (secondary N) is 1. The molecule has 0 radical (unpaired) electrons. The van der Waals surface area contributed by atoms with E-state index in [1.54, 1.807) is 11.9 Å². The van der Waals surface area contributed by atoms with Gasteiger partial charge in [0, 0.05) is 26.7 Å². The predicted molar refractivity (Wildman–Crippen MR) is 90.8 cm³/mol. The normalized spacial score (nSPS) is 18.4. The highest BCUT2D eigenvalue weighted by molar-refractivity contribution is 5.85. The summed E-state index contributed by atoms with van der Waals surface area (Å²) in [5.74, 6) is -0.0642.